The first-order chi connectivity index (χ1) is 36.1. The third-order valence-corrected chi connectivity index (χ3v) is 14.5. The van der Waals surface area contributed by atoms with Gasteiger partial charge in [-0.25, -0.2) is 9.98 Å². The van der Waals surface area contributed by atoms with E-state index in [1.165, 1.54) is 49.5 Å². The predicted octanol–water partition coefficient (Wildman–Crippen LogP) is 17.9. The molecule has 0 radical (unpaired) electrons. The Kier molecular flexibility index (Phi) is 10.2. The molecule has 1 unspecified atom stereocenters. The largest absolute Gasteiger partial charge is 0.456 e. The molecule has 0 fully saturated rings. The number of rotatable bonds is 8. The Morgan fingerprint density at radius 3 is 1.64 bits per heavy atom. The van der Waals surface area contributed by atoms with E-state index in [0.29, 0.717) is 5.84 Å². The molecule has 0 aliphatic carbocycles. The molecule has 14 rings (SSSR count). The van der Waals surface area contributed by atoms with Crippen molar-refractivity contribution in [3.05, 3.63) is 278 Å². The Labute approximate surface area is 422 Å². The number of amidine groups is 2. The van der Waals surface area contributed by atoms with Crippen molar-refractivity contribution in [2.24, 2.45) is 9.98 Å². The summed E-state index contributed by atoms with van der Waals surface area (Å²) in [4.78, 5) is 10.6. The summed E-state index contributed by atoms with van der Waals surface area (Å²) in [5, 5.41) is 13.0. The summed E-state index contributed by atoms with van der Waals surface area (Å²) >= 11 is 0. The normalized spacial score (nSPS) is 13.6. The Morgan fingerprint density at radius 1 is 0.315 bits per heavy atom. The molecule has 73 heavy (non-hydrogen) atoms. The molecular formula is C69H45N3O. The lowest BCUT2D eigenvalue weighted by Gasteiger charge is -2.24. The van der Waals surface area contributed by atoms with Crippen LogP contribution < -0.4 is 5.32 Å². The van der Waals surface area contributed by atoms with Gasteiger partial charge in [-0.2, -0.15) is 0 Å². The summed E-state index contributed by atoms with van der Waals surface area (Å²) in [7, 11) is 0. The van der Waals surface area contributed by atoms with Crippen LogP contribution in [0.25, 0.3) is 110 Å². The van der Waals surface area contributed by atoms with Crippen LogP contribution in [0.4, 0.5) is 0 Å². The molecule has 0 amide bonds. The van der Waals surface area contributed by atoms with E-state index < -0.39 is 0 Å². The molecule has 1 atom stereocenters. The van der Waals surface area contributed by atoms with Crippen LogP contribution >= 0.6 is 0 Å². The smallest absolute Gasteiger partial charge is 0.159 e. The zero-order valence-electron chi connectivity index (χ0n) is 39.7. The molecule has 1 N–H and O–H groups in total. The molecule has 1 aliphatic rings. The standard InChI is InChI=1S/C69H45N3O/c1-3-13-44(14-4-1)57-40-58(45-15-5-2-6-16-45)42-59(41-57)52-35-36-64-63(43-52)66-62(23-12-24-65(66)73-64)53-32-25-47-27-34-55(39-56(47)38-53)69-71-67(70-68(72-69)54-33-26-46-17-7-8-19-51(46)37-54)50-30-28-49(29-31-50)61-22-11-20-48-18-9-10-21-60(48)61/h1-43,67H,(H,70,71,72). The number of aliphatic imine (C=N–C) groups is 2. The maximum absolute atomic E-state index is 6.60. The Morgan fingerprint density at radius 2 is 0.877 bits per heavy atom. The van der Waals surface area contributed by atoms with E-state index in [1.807, 2.05) is 0 Å². The van der Waals surface area contributed by atoms with E-state index >= 15 is 0 Å². The van der Waals surface area contributed by atoms with Crippen LogP contribution in [0.2, 0.25) is 0 Å². The van der Waals surface area contributed by atoms with Gasteiger partial charge in [0.25, 0.3) is 0 Å². The molecule has 0 saturated heterocycles. The van der Waals surface area contributed by atoms with Crippen LogP contribution in [0, 0.1) is 0 Å². The number of hydrogen-bond donors (Lipinski definition) is 1. The second kappa shape index (κ2) is 17.6. The van der Waals surface area contributed by atoms with Crippen LogP contribution in [-0.2, 0) is 0 Å². The average molecular weight is 932 g/mol. The van der Waals surface area contributed by atoms with Crippen molar-refractivity contribution in [1.29, 1.82) is 0 Å². The highest BCUT2D eigenvalue weighted by Gasteiger charge is 2.23. The van der Waals surface area contributed by atoms with Gasteiger partial charge in [0.2, 0.25) is 0 Å². The molecule has 342 valence electrons. The molecule has 0 bridgehead atoms. The molecule has 0 saturated carbocycles. The maximum Gasteiger partial charge on any atom is 0.159 e. The van der Waals surface area contributed by atoms with Crippen molar-refractivity contribution in [1.82, 2.24) is 5.32 Å². The van der Waals surface area contributed by atoms with E-state index in [9.17, 15) is 0 Å². The predicted molar refractivity (Wildman–Crippen MR) is 305 cm³/mol. The summed E-state index contributed by atoms with van der Waals surface area (Å²) in [6.07, 6.45) is -0.361. The van der Waals surface area contributed by atoms with Gasteiger partial charge in [0.05, 0.1) is 0 Å². The second-order valence-electron chi connectivity index (χ2n) is 19.0. The highest BCUT2D eigenvalue weighted by molar-refractivity contribution is 6.16. The van der Waals surface area contributed by atoms with E-state index in [-0.39, 0.29) is 6.17 Å². The third kappa shape index (κ3) is 7.83. The molecule has 0 spiro atoms. The summed E-state index contributed by atoms with van der Waals surface area (Å²) < 4.78 is 6.60. The molecule has 13 aromatic rings. The van der Waals surface area contributed by atoms with Gasteiger partial charge in [-0.05, 0) is 148 Å². The monoisotopic (exact) mass is 931 g/mol. The number of hydrogen-bond acceptors (Lipinski definition) is 4. The van der Waals surface area contributed by atoms with Gasteiger partial charge >= 0.3 is 0 Å². The highest BCUT2D eigenvalue weighted by Crippen LogP contribution is 2.41. The summed E-state index contributed by atoms with van der Waals surface area (Å²) in [6, 6.07) is 93.4. The minimum atomic E-state index is -0.361. The maximum atomic E-state index is 6.60. The fourth-order valence-electron chi connectivity index (χ4n) is 10.7. The number of benzene rings is 12. The van der Waals surface area contributed by atoms with E-state index in [0.717, 1.165) is 82.9 Å². The van der Waals surface area contributed by atoms with E-state index in [1.54, 1.807) is 0 Å². The van der Waals surface area contributed by atoms with Crippen LogP contribution in [0.3, 0.4) is 0 Å². The lowest BCUT2D eigenvalue weighted by Crippen LogP contribution is -2.33. The number of nitrogens with one attached hydrogen (secondary N) is 1. The van der Waals surface area contributed by atoms with Gasteiger partial charge < -0.3 is 9.73 Å². The molecule has 1 aromatic heterocycles. The van der Waals surface area contributed by atoms with Crippen LogP contribution in [0.1, 0.15) is 22.9 Å². The molecule has 1 aliphatic heterocycles. The number of fused-ring (bicyclic) bond motifs is 6. The van der Waals surface area contributed by atoms with Crippen molar-refractivity contribution in [2.75, 3.05) is 0 Å². The quantitative estimate of drug-likeness (QED) is 0.165. The molecule has 2 heterocycles. The Balaban J connectivity index is 0.845. The fourth-order valence-corrected chi connectivity index (χ4v) is 10.7. The van der Waals surface area contributed by atoms with Crippen molar-refractivity contribution < 1.29 is 4.42 Å². The average Bonchev–Trinajstić information content (AvgIpc) is 3.85. The summed E-state index contributed by atoms with van der Waals surface area (Å²) in [5.41, 5.74) is 16.4. The number of furan rings is 1. The van der Waals surface area contributed by atoms with Crippen LogP contribution in [0.5, 0.6) is 0 Å². The lowest BCUT2D eigenvalue weighted by molar-refractivity contribution is 0.669. The van der Waals surface area contributed by atoms with Crippen molar-refractivity contribution in [3.63, 3.8) is 0 Å². The molecular weight excluding hydrogens is 887 g/mol. The van der Waals surface area contributed by atoms with Gasteiger partial charge in [-0.15, -0.1) is 0 Å². The Bertz CT molecular complexity index is 4280. The minimum Gasteiger partial charge on any atom is -0.456 e. The van der Waals surface area contributed by atoms with Gasteiger partial charge in [0.1, 0.15) is 23.2 Å². The molecule has 4 nitrogen and oxygen atoms in total. The van der Waals surface area contributed by atoms with Gasteiger partial charge in [-0.3, -0.25) is 0 Å². The molecule has 4 heteroatoms. The third-order valence-electron chi connectivity index (χ3n) is 14.5. The number of nitrogens with zero attached hydrogens (tertiary/aromatic N) is 2. The second-order valence-corrected chi connectivity index (χ2v) is 19.0. The summed E-state index contributed by atoms with van der Waals surface area (Å²) in [6.45, 7) is 0. The molecule has 12 aromatic carbocycles. The van der Waals surface area contributed by atoms with Gasteiger partial charge in [0, 0.05) is 21.9 Å². The SMILES string of the molecule is c1ccc(-c2cc(-c3ccccc3)cc(-c3ccc4oc5cccc(-c6ccc7ccc(C8=NC(c9ccc%10ccccc%10c9)=NC(c9ccc(-c%10cccc%11ccccc%10%11)cc9)N8)cc7c6)c5c4c3)c2)cc1. The Hall–Kier alpha value is -9.64. The van der Waals surface area contributed by atoms with Crippen molar-refractivity contribution in [3.8, 4) is 55.6 Å². The topological polar surface area (TPSA) is 49.9 Å². The van der Waals surface area contributed by atoms with E-state index in [4.69, 9.17) is 14.4 Å². The zero-order valence-corrected chi connectivity index (χ0v) is 39.7. The minimum absolute atomic E-state index is 0.361. The van der Waals surface area contributed by atoms with Crippen molar-refractivity contribution in [2.45, 2.75) is 6.17 Å². The van der Waals surface area contributed by atoms with Crippen LogP contribution in [0.15, 0.2) is 275 Å². The first kappa shape index (κ1) is 42.3. The summed E-state index contributed by atoms with van der Waals surface area (Å²) in [5.74, 6) is 1.47. The fraction of sp³-hybridized carbons (Fsp3) is 0.0145. The van der Waals surface area contributed by atoms with Crippen molar-refractivity contribution >= 4 is 65.9 Å². The van der Waals surface area contributed by atoms with Gasteiger partial charge in [0.15, 0.2) is 5.84 Å². The zero-order chi connectivity index (χ0) is 48.2. The van der Waals surface area contributed by atoms with Crippen LogP contribution in [-0.4, -0.2) is 11.7 Å². The lowest BCUT2D eigenvalue weighted by atomic mass is 9.92. The first-order valence-corrected chi connectivity index (χ1v) is 24.9. The first-order valence-electron chi connectivity index (χ1n) is 24.9. The van der Waals surface area contributed by atoms with Gasteiger partial charge in [-0.1, -0.05) is 206 Å². The van der Waals surface area contributed by atoms with E-state index in [2.05, 4.69) is 266 Å². The highest BCUT2D eigenvalue weighted by atomic mass is 16.3.